The second-order valence-corrected chi connectivity index (χ2v) is 8.40. The largest absolute Gasteiger partial charge is 0.490 e. The van der Waals surface area contributed by atoms with Gasteiger partial charge in [0.05, 0.1) is 11.6 Å². The summed E-state index contributed by atoms with van der Waals surface area (Å²) in [6.45, 7) is 5.65. The SMILES string of the molecule is Cc1ccc(NC(=O)Nc2cc3ccc(OC4CCN(C)CC4)c(C)c3oc2=O)cc1C#N. The summed E-state index contributed by atoms with van der Waals surface area (Å²) in [5.41, 5.74) is 2.29. The van der Waals surface area contributed by atoms with Crippen molar-refractivity contribution in [3.8, 4) is 11.8 Å². The van der Waals surface area contributed by atoms with E-state index >= 15 is 0 Å². The highest BCUT2D eigenvalue weighted by molar-refractivity contribution is 6.00. The summed E-state index contributed by atoms with van der Waals surface area (Å²) in [6.07, 6.45) is 2.04. The van der Waals surface area contributed by atoms with Crippen molar-refractivity contribution in [3.05, 3.63) is 63.5 Å². The number of ether oxygens (including phenoxy) is 1. The molecule has 2 heterocycles. The predicted molar refractivity (Wildman–Crippen MR) is 127 cm³/mol. The summed E-state index contributed by atoms with van der Waals surface area (Å²) in [7, 11) is 2.10. The van der Waals surface area contributed by atoms with E-state index in [0.29, 0.717) is 28.0 Å². The minimum atomic E-state index is -0.654. The zero-order chi connectivity index (χ0) is 23.5. The van der Waals surface area contributed by atoms with Crippen molar-refractivity contribution in [2.45, 2.75) is 32.8 Å². The highest BCUT2D eigenvalue weighted by Crippen LogP contribution is 2.30. The number of urea groups is 1. The van der Waals surface area contributed by atoms with Crippen LogP contribution in [0.25, 0.3) is 11.0 Å². The Morgan fingerprint density at radius 1 is 1.15 bits per heavy atom. The van der Waals surface area contributed by atoms with Gasteiger partial charge in [0.2, 0.25) is 0 Å². The van der Waals surface area contributed by atoms with Crippen LogP contribution in [0.5, 0.6) is 5.75 Å². The molecule has 2 amide bonds. The first-order valence-electron chi connectivity index (χ1n) is 10.9. The number of fused-ring (bicyclic) bond motifs is 1. The molecule has 1 aliphatic rings. The number of carbonyl (C=O) groups excluding carboxylic acids is 1. The Labute approximate surface area is 191 Å². The summed E-state index contributed by atoms with van der Waals surface area (Å²) in [5, 5.41) is 15.0. The lowest BCUT2D eigenvalue weighted by Gasteiger charge is -2.29. The average molecular weight is 447 g/mol. The summed E-state index contributed by atoms with van der Waals surface area (Å²) in [6, 6.07) is 11.8. The van der Waals surface area contributed by atoms with Crippen molar-refractivity contribution in [1.82, 2.24) is 4.90 Å². The Morgan fingerprint density at radius 2 is 1.91 bits per heavy atom. The number of benzene rings is 2. The number of rotatable bonds is 4. The molecule has 2 N–H and O–H groups in total. The molecule has 1 fully saturated rings. The molecule has 0 aliphatic carbocycles. The molecular weight excluding hydrogens is 420 g/mol. The second-order valence-electron chi connectivity index (χ2n) is 8.40. The fourth-order valence-electron chi connectivity index (χ4n) is 3.91. The quantitative estimate of drug-likeness (QED) is 0.575. The number of nitriles is 1. The molecule has 0 spiro atoms. The normalized spacial score (nSPS) is 14.6. The number of hydrogen-bond donors (Lipinski definition) is 2. The number of anilines is 2. The fraction of sp³-hybridized carbons (Fsp3) is 0.320. The number of nitrogens with zero attached hydrogens (tertiary/aromatic N) is 2. The van der Waals surface area contributed by atoms with Crippen LogP contribution in [0.2, 0.25) is 0 Å². The van der Waals surface area contributed by atoms with Crippen molar-refractivity contribution >= 4 is 28.4 Å². The Kier molecular flexibility index (Phi) is 6.33. The number of likely N-dealkylation sites (tertiary alicyclic amines) is 1. The van der Waals surface area contributed by atoms with Crippen LogP contribution in [-0.4, -0.2) is 37.2 Å². The number of piperidine rings is 1. The van der Waals surface area contributed by atoms with Crippen molar-refractivity contribution in [1.29, 1.82) is 5.26 Å². The van der Waals surface area contributed by atoms with Gasteiger partial charge >= 0.3 is 11.7 Å². The summed E-state index contributed by atoms with van der Waals surface area (Å²) < 4.78 is 11.7. The zero-order valence-electron chi connectivity index (χ0n) is 18.9. The standard InChI is InChI=1S/C25H26N4O4/c1-15-4-6-19(12-18(15)14-26)27-25(31)28-21-13-17-5-7-22(16(2)23(17)33-24(21)30)32-20-8-10-29(3)11-9-20/h4-7,12-13,20H,8-11H2,1-3H3,(H2,27,28,31). The van der Waals surface area contributed by atoms with E-state index in [9.17, 15) is 9.59 Å². The first kappa shape index (κ1) is 22.4. The van der Waals surface area contributed by atoms with E-state index in [0.717, 1.165) is 37.1 Å². The van der Waals surface area contributed by atoms with Gasteiger partial charge in [-0.25, -0.2) is 9.59 Å². The number of carbonyl (C=O) groups is 1. The number of aryl methyl sites for hydroxylation is 2. The fourth-order valence-corrected chi connectivity index (χ4v) is 3.91. The van der Waals surface area contributed by atoms with E-state index in [1.54, 1.807) is 24.3 Å². The first-order chi connectivity index (χ1) is 15.8. The minimum absolute atomic E-state index is 0.0241. The molecule has 0 saturated carbocycles. The monoisotopic (exact) mass is 446 g/mol. The van der Waals surface area contributed by atoms with Gasteiger partial charge in [-0.1, -0.05) is 6.07 Å². The van der Waals surface area contributed by atoms with Crippen molar-refractivity contribution in [2.24, 2.45) is 0 Å². The molecule has 0 bridgehead atoms. The number of nitrogens with one attached hydrogen (secondary N) is 2. The topological polar surface area (TPSA) is 108 Å². The van der Waals surface area contributed by atoms with Gasteiger partial charge in [0.1, 0.15) is 23.1 Å². The maximum absolute atomic E-state index is 12.6. The maximum atomic E-state index is 12.6. The van der Waals surface area contributed by atoms with Gasteiger partial charge in [-0.3, -0.25) is 0 Å². The summed E-state index contributed by atoms with van der Waals surface area (Å²) >= 11 is 0. The van der Waals surface area contributed by atoms with Crippen LogP contribution in [0, 0.1) is 25.2 Å². The second kappa shape index (κ2) is 9.35. The lowest BCUT2D eigenvalue weighted by Crippen LogP contribution is -2.35. The molecule has 1 aromatic heterocycles. The molecule has 0 unspecified atom stereocenters. The number of hydrogen-bond acceptors (Lipinski definition) is 6. The van der Waals surface area contributed by atoms with Crippen LogP contribution in [0.3, 0.4) is 0 Å². The van der Waals surface area contributed by atoms with Crippen LogP contribution in [0.4, 0.5) is 16.2 Å². The van der Waals surface area contributed by atoms with Crippen LogP contribution in [0.1, 0.15) is 29.5 Å². The Balaban J connectivity index is 1.51. The van der Waals surface area contributed by atoms with Crippen molar-refractivity contribution in [2.75, 3.05) is 30.8 Å². The molecule has 0 radical (unpaired) electrons. The minimum Gasteiger partial charge on any atom is -0.490 e. The van der Waals surface area contributed by atoms with Crippen LogP contribution < -0.4 is 21.0 Å². The smallest absolute Gasteiger partial charge is 0.360 e. The lowest BCUT2D eigenvalue weighted by atomic mass is 10.1. The van der Waals surface area contributed by atoms with Crippen molar-refractivity contribution < 1.29 is 13.9 Å². The van der Waals surface area contributed by atoms with Gasteiger partial charge < -0.3 is 24.7 Å². The zero-order valence-corrected chi connectivity index (χ0v) is 18.9. The molecule has 8 heteroatoms. The third kappa shape index (κ3) is 4.99. The molecule has 4 rings (SSSR count). The van der Waals surface area contributed by atoms with Gasteiger partial charge in [-0.05, 0) is 69.6 Å². The van der Waals surface area contributed by atoms with E-state index in [-0.39, 0.29) is 11.8 Å². The van der Waals surface area contributed by atoms with Crippen LogP contribution in [-0.2, 0) is 0 Å². The molecule has 0 atom stereocenters. The highest BCUT2D eigenvalue weighted by Gasteiger charge is 2.20. The van der Waals surface area contributed by atoms with Crippen LogP contribution in [0.15, 0.2) is 45.6 Å². The molecule has 170 valence electrons. The molecular formula is C25H26N4O4. The first-order valence-corrected chi connectivity index (χ1v) is 10.9. The Bertz CT molecular complexity index is 1300. The Morgan fingerprint density at radius 3 is 2.64 bits per heavy atom. The van der Waals surface area contributed by atoms with E-state index in [1.807, 2.05) is 26.0 Å². The summed E-state index contributed by atoms with van der Waals surface area (Å²) in [5.74, 6) is 0.700. The number of amides is 2. The van der Waals surface area contributed by atoms with Gasteiger partial charge in [0, 0.05) is 29.7 Å². The molecule has 8 nitrogen and oxygen atoms in total. The molecule has 33 heavy (non-hydrogen) atoms. The van der Waals surface area contributed by atoms with Gasteiger partial charge in [-0.15, -0.1) is 0 Å². The molecule has 2 aromatic carbocycles. The lowest BCUT2D eigenvalue weighted by molar-refractivity contribution is 0.113. The average Bonchev–Trinajstić information content (AvgIpc) is 2.79. The third-order valence-corrected chi connectivity index (χ3v) is 5.92. The van der Waals surface area contributed by atoms with Gasteiger partial charge in [0.25, 0.3) is 0 Å². The molecule has 1 saturated heterocycles. The maximum Gasteiger partial charge on any atom is 0.360 e. The Hall–Kier alpha value is -3.83. The van der Waals surface area contributed by atoms with E-state index in [2.05, 4.69) is 28.7 Å². The van der Waals surface area contributed by atoms with Crippen LogP contribution >= 0.6 is 0 Å². The predicted octanol–water partition coefficient (Wildman–Crippen LogP) is 4.40. The molecule has 1 aliphatic heterocycles. The summed E-state index contributed by atoms with van der Waals surface area (Å²) in [4.78, 5) is 27.2. The third-order valence-electron chi connectivity index (χ3n) is 5.92. The van der Waals surface area contributed by atoms with Gasteiger partial charge in [0.15, 0.2) is 0 Å². The van der Waals surface area contributed by atoms with E-state index in [4.69, 9.17) is 14.4 Å². The highest BCUT2D eigenvalue weighted by atomic mass is 16.5. The van der Waals surface area contributed by atoms with Gasteiger partial charge in [-0.2, -0.15) is 5.26 Å². The van der Waals surface area contributed by atoms with Crippen molar-refractivity contribution in [3.63, 3.8) is 0 Å². The van der Waals surface area contributed by atoms with E-state index in [1.165, 1.54) is 0 Å². The van der Waals surface area contributed by atoms with E-state index < -0.39 is 11.7 Å². The molecule has 3 aromatic rings.